The number of halogens is 1. The van der Waals surface area contributed by atoms with Gasteiger partial charge >= 0.3 is 0 Å². The van der Waals surface area contributed by atoms with Crippen molar-refractivity contribution in [3.05, 3.63) is 112 Å². The summed E-state index contributed by atoms with van der Waals surface area (Å²) in [6.45, 7) is 4.04. The van der Waals surface area contributed by atoms with Gasteiger partial charge in [-0.05, 0) is 79.9 Å². The lowest BCUT2D eigenvalue weighted by Crippen LogP contribution is -2.27. The first-order valence-corrected chi connectivity index (χ1v) is 15.2. The molecular weight excluding hydrogens is 590 g/mol. The molecule has 0 spiro atoms. The molecule has 0 unspecified atom stereocenters. The molecule has 4 aromatic rings. The van der Waals surface area contributed by atoms with Crippen LogP contribution in [0.25, 0.3) is 0 Å². The number of amides is 2. The van der Waals surface area contributed by atoms with E-state index in [1.165, 1.54) is 18.2 Å². The molecular formula is C32H32ClN3O6S. The molecule has 43 heavy (non-hydrogen) atoms. The molecule has 0 atom stereocenters. The minimum absolute atomic E-state index is 0.0388. The van der Waals surface area contributed by atoms with Crippen LogP contribution in [-0.4, -0.2) is 41.0 Å². The highest BCUT2D eigenvalue weighted by atomic mass is 35.5. The Kier molecular flexibility index (Phi) is 9.95. The van der Waals surface area contributed by atoms with Crippen LogP contribution >= 0.6 is 11.6 Å². The van der Waals surface area contributed by atoms with Gasteiger partial charge < -0.3 is 20.1 Å². The molecule has 0 saturated carbocycles. The zero-order valence-electron chi connectivity index (χ0n) is 24.2. The van der Waals surface area contributed by atoms with Gasteiger partial charge in [-0.15, -0.1) is 0 Å². The van der Waals surface area contributed by atoms with Gasteiger partial charge in [-0.1, -0.05) is 47.5 Å². The Morgan fingerprint density at radius 2 is 1.56 bits per heavy atom. The lowest BCUT2D eigenvalue weighted by molar-refractivity contribution is 0.0955. The Hall–Kier alpha value is -4.54. The summed E-state index contributed by atoms with van der Waals surface area (Å²) in [5, 5.41) is 5.55. The standard InChI is InChI=1S/C32H32ClN3O6S/c1-20-9-13-26(21(2)17-20)36-43(39,40)30-19-23(11-12-25(30)33)31(37)35-27-8-6-5-7-24(27)32(38)34-16-15-22-10-14-28(41-3)29(18-22)42-4/h5-14,17-19,36H,15-16H2,1-4H3,(H,34,38)(H,35,37). The molecule has 4 aromatic carbocycles. The number of anilines is 2. The molecule has 0 saturated heterocycles. The van der Waals surface area contributed by atoms with Crippen LogP contribution in [0.5, 0.6) is 11.5 Å². The minimum Gasteiger partial charge on any atom is -0.493 e. The van der Waals surface area contributed by atoms with Crippen molar-refractivity contribution in [2.75, 3.05) is 30.8 Å². The molecule has 0 aromatic heterocycles. The summed E-state index contributed by atoms with van der Waals surface area (Å²) in [5.74, 6) is 0.222. The predicted octanol–water partition coefficient (Wildman–Crippen LogP) is 6.00. The van der Waals surface area contributed by atoms with Gasteiger partial charge in [0, 0.05) is 12.1 Å². The number of aryl methyl sites for hydroxylation is 2. The largest absolute Gasteiger partial charge is 0.493 e. The number of hydrogen-bond acceptors (Lipinski definition) is 6. The van der Waals surface area contributed by atoms with Crippen LogP contribution in [0.15, 0.2) is 83.8 Å². The van der Waals surface area contributed by atoms with Crippen molar-refractivity contribution in [1.82, 2.24) is 5.32 Å². The van der Waals surface area contributed by atoms with E-state index in [9.17, 15) is 18.0 Å². The summed E-state index contributed by atoms with van der Waals surface area (Å²) in [7, 11) is -0.993. The maximum absolute atomic E-state index is 13.2. The molecule has 2 amide bonds. The molecule has 4 rings (SSSR count). The van der Waals surface area contributed by atoms with Crippen molar-refractivity contribution in [1.29, 1.82) is 0 Å². The minimum atomic E-state index is -4.11. The SMILES string of the molecule is COc1ccc(CCNC(=O)c2ccccc2NC(=O)c2ccc(Cl)c(S(=O)(=O)Nc3ccc(C)cc3C)c2)cc1OC. The van der Waals surface area contributed by atoms with Crippen LogP contribution in [0.3, 0.4) is 0 Å². The van der Waals surface area contributed by atoms with E-state index in [0.29, 0.717) is 30.2 Å². The van der Waals surface area contributed by atoms with Crippen LogP contribution in [0.2, 0.25) is 5.02 Å². The Morgan fingerprint density at radius 1 is 0.814 bits per heavy atom. The normalized spacial score (nSPS) is 11.0. The molecule has 11 heteroatoms. The Bertz CT molecular complexity index is 1780. The van der Waals surface area contributed by atoms with E-state index in [1.54, 1.807) is 63.6 Å². The summed E-state index contributed by atoms with van der Waals surface area (Å²) in [6, 6.07) is 21.4. The zero-order chi connectivity index (χ0) is 31.1. The number of rotatable bonds is 11. The Labute approximate surface area is 256 Å². The fraction of sp³-hybridized carbons (Fsp3) is 0.188. The van der Waals surface area contributed by atoms with Gasteiger partial charge in [-0.25, -0.2) is 8.42 Å². The number of hydrogen-bond donors (Lipinski definition) is 3. The third-order valence-corrected chi connectivity index (χ3v) is 8.52. The van der Waals surface area contributed by atoms with Crippen molar-refractivity contribution >= 4 is 44.8 Å². The molecule has 9 nitrogen and oxygen atoms in total. The average Bonchev–Trinajstić information content (AvgIpc) is 2.98. The quantitative estimate of drug-likeness (QED) is 0.189. The summed E-state index contributed by atoms with van der Waals surface area (Å²) >= 11 is 6.25. The summed E-state index contributed by atoms with van der Waals surface area (Å²) in [6.07, 6.45) is 0.540. The van der Waals surface area contributed by atoms with Gasteiger partial charge in [-0.2, -0.15) is 0 Å². The van der Waals surface area contributed by atoms with Gasteiger partial charge in [0.25, 0.3) is 21.8 Å². The van der Waals surface area contributed by atoms with E-state index in [1.807, 2.05) is 25.1 Å². The van der Waals surface area contributed by atoms with Gasteiger partial charge in [-0.3, -0.25) is 14.3 Å². The molecule has 0 fully saturated rings. The first kappa shape index (κ1) is 31.4. The number of carbonyl (C=O) groups is 2. The Balaban J connectivity index is 1.47. The fourth-order valence-corrected chi connectivity index (χ4v) is 6.07. The fourth-order valence-electron chi connectivity index (χ4n) is 4.41. The second kappa shape index (κ2) is 13.6. The zero-order valence-corrected chi connectivity index (χ0v) is 25.7. The second-order valence-corrected chi connectivity index (χ2v) is 11.8. The van der Waals surface area contributed by atoms with Gasteiger partial charge in [0.05, 0.1) is 36.2 Å². The first-order chi connectivity index (χ1) is 20.5. The number of methoxy groups -OCH3 is 2. The smallest absolute Gasteiger partial charge is 0.263 e. The lowest BCUT2D eigenvalue weighted by atomic mass is 10.1. The van der Waals surface area contributed by atoms with E-state index in [0.717, 1.165) is 16.7 Å². The van der Waals surface area contributed by atoms with E-state index in [-0.39, 0.29) is 32.6 Å². The highest BCUT2D eigenvalue weighted by molar-refractivity contribution is 7.92. The Morgan fingerprint density at radius 3 is 2.28 bits per heavy atom. The van der Waals surface area contributed by atoms with Crippen LogP contribution in [0, 0.1) is 13.8 Å². The maximum atomic E-state index is 13.2. The van der Waals surface area contributed by atoms with Crippen molar-refractivity contribution in [2.24, 2.45) is 0 Å². The molecule has 0 aliphatic carbocycles. The first-order valence-electron chi connectivity index (χ1n) is 13.3. The number of carbonyl (C=O) groups excluding carboxylic acids is 2. The van der Waals surface area contributed by atoms with Crippen molar-refractivity contribution in [3.63, 3.8) is 0 Å². The number of benzene rings is 4. The van der Waals surface area contributed by atoms with E-state index in [4.69, 9.17) is 21.1 Å². The summed E-state index contributed by atoms with van der Waals surface area (Å²) in [4.78, 5) is 26.0. The van der Waals surface area contributed by atoms with Gasteiger partial charge in [0.2, 0.25) is 0 Å². The van der Waals surface area contributed by atoms with Crippen LogP contribution in [0.1, 0.15) is 37.4 Å². The summed E-state index contributed by atoms with van der Waals surface area (Å²) in [5.41, 5.74) is 3.65. The predicted molar refractivity (Wildman–Crippen MR) is 168 cm³/mol. The van der Waals surface area contributed by atoms with Crippen molar-refractivity contribution < 1.29 is 27.5 Å². The maximum Gasteiger partial charge on any atom is 0.263 e. The highest BCUT2D eigenvalue weighted by Gasteiger charge is 2.22. The highest BCUT2D eigenvalue weighted by Crippen LogP contribution is 2.29. The number of nitrogens with one attached hydrogen (secondary N) is 3. The second-order valence-electron chi connectivity index (χ2n) is 9.76. The van der Waals surface area contributed by atoms with Crippen LogP contribution in [-0.2, 0) is 16.4 Å². The molecule has 3 N–H and O–H groups in total. The number of sulfonamides is 1. The average molecular weight is 622 g/mol. The topological polar surface area (TPSA) is 123 Å². The van der Waals surface area contributed by atoms with E-state index in [2.05, 4.69) is 15.4 Å². The van der Waals surface area contributed by atoms with Crippen molar-refractivity contribution in [2.45, 2.75) is 25.2 Å². The molecule has 0 radical (unpaired) electrons. The third kappa shape index (κ3) is 7.65. The molecule has 0 heterocycles. The molecule has 0 bridgehead atoms. The van der Waals surface area contributed by atoms with Gasteiger partial charge in [0.15, 0.2) is 11.5 Å². The monoisotopic (exact) mass is 621 g/mol. The van der Waals surface area contributed by atoms with Gasteiger partial charge in [0.1, 0.15) is 4.90 Å². The third-order valence-electron chi connectivity index (χ3n) is 6.68. The number of ether oxygens (including phenoxy) is 2. The lowest BCUT2D eigenvalue weighted by Gasteiger charge is -2.14. The van der Waals surface area contributed by atoms with Crippen molar-refractivity contribution in [3.8, 4) is 11.5 Å². The molecule has 0 aliphatic rings. The molecule has 0 aliphatic heterocycles. The van der Waals surface area contributed by atoms with E-state index < -0.39 is 15.9 Å². The van der Waals surface area contributed by atoms with Crippen LogP contribution < -0.4 is 24.8 Å². The number of para-hydroxylation sites is 1. The molecule has 224 valence electrons. The van der Waals surface area contributed by atoms with Crippen LogP contribution in [0.4, 0.5) is 11.4 Å². The summed E-state index contributed by atoms with van der Waals surface area (Å²) < 4.78 is 39.6. The van der Waals surface area contributed by atoms with E-state index >= 15 is 0 Å².